The molecule has 0 bridgehead atoms. The molecule has 0 aliphatic heterocycles. The Balaban J connectivity index is 1.62. The molecule has 3 rings (SSSR count). The van der Waals surface area contributed by atoms with E-state index in [0.29, 0.717) is 35.3 Å². The van der Waals surface area contributed by atoms with Crippen molar-refractivity contribution in [2.45, 2.75) is 39.3 Å². The van der Waals surface area contributed by atoms with E-state index in [9.17, 15) is 14.7 Å². The molecule has 0 amide bonds. The van der Waals surface area contributed by atoms with E-state index in [1.165, 1.54) is 4.57 Å². The molecule has 28 heavy (non-hydrogen) atoms. The summed E-state index contributed by atoms with van der Waals surface area (Å²) in [6.45, 7) is 3.50. The first-order chi connectivity index (χ1) is 13.4. The monoisotopic (exact) mass is 380 g/mol. The number of carbonyl (C=O) groups excluding carboxylic acids is 1. The van der Waals surface area contributed by atoms with E-state index in [2.05, 4.69) is 4.98 Å². The zero-order valence-corrected chi connectivity index (χ0v) is 16.1. The lowest BCUT2D eigenvalue weighted by atomic mass is 10.1. The third-order valence-electron chi connectivity index (χ3n) is 4.58. The molecule has 1 atom stereocenters. The van der Waals surface area contributed by atoms with Crippen LogP contribution in [-0.2, 0) is 17.8 Å². The van der Waals surface area contributed by atoms with Crippen molar-refractivity contribution in [3.63, 3.8) is 0 Å². The second kappa shape index (κ2) is 8.80. The van der Waals surface area contributed by atoms with Crippen LogP contribution in [0.4, 0.5) is 0 Å². The van der Waals surface area contributed by atoms with Crippen molar-refractivity contribution in [3.05, 3.63) is 70.3 Å². The molecule has 3 aromatic rings. The Kier molecular flexibility index (Phi) is 6.21. The minimum absolute atomic E-state index is 0.0610. The lowest BCUT2D eigenvalue weighted by Crippen LogP contribution is -2.32. The zero-order chi connectivity index (χ0) is 20.1. The van der Waals surface area contributed by atoms with Crippen LogP contribution >= 0.6 is 0 Å². The van der Waals surface area contributed by atoms with Gasteiger partial charge in [0, 0.05) is 6.42 Å². The van der Waals surface area contributed by atoms with E-state index in [-0.39, 0.29) is 24.5 Å². The summed E-state index contributed by atoms with van der Waals surface area (Å²) in [5, 5.41) is 10.9. The third-order valence-corrected chi connectivity index (χ3v) is 4.58. The normalized spacial score (nSPS) is 12.1. The lowest BCUT2D eigenvalue weighted by molar-refractivity contribution is -0.116. The number of fused-ring (bicyclic) bond motifs is 1. The number of para-hydroxylation sites is 1. The van der Waals surface area contributed by atoms with Crippen LogP contribution < -0.4 is 10.3 Å². The first-order valence-electron chi connectivity index (χ1n) is 9.29. The SMILES string of the molecule is CC(=O)CCc1ccc(OC[C@H](O)Cn2c(C)nc3ccccc3c2=O)cc1. The Morgan fingerprint density at radius 3 is 2.61 bits per heavy atom. The second-order valence-electron chi connectivity index (χ2n) is 6.90. The highest BCUT2D eigenvalue weighted by Gasteiger charge is 2.13. The van der Waals surface area contributed by atoms with Crippen molar-refractivity contribution in [1.29, 1.82) is 0 Å². The summed E-state index contributed by atoms with van der Waals surface area (Å²) in [5.74, 6) is 1.35. The van der Waals surface area contributed by atoms with Crippen molar-refractivity contribution >= 4 is 16.7 Å². The molecule has 0 saturated heterocycles. The number of aromatic nitrogens is 2. The van der Waals surface area contributed by atoms with Crippen molar-refractivity contribution < 1.29 is 14.6 Å². The number of nitrogens with zero attached hydrogens (tertiary/aromatic N) is 2. The van der Waals surface area contributed by atoms with Crippen LogP contribution in [0.25, 0.3) is 10.9 Å². The van der Waals surface area contributed by atoms with Crippen LogP contribution in [-0.4, -0.2) is 33.2 Å². The van der Waals surface area contributed by atoms with E-state index in [1.807, 2.05) is 30.3 Å². The summed E-state index contributed by atoms with van der Waals surface area (Å²) in [5.41, 5.74) is 1.54. The summed E-state index contributed by atoms with van der Waals surface area (Å²) in [6, 6.07) is 14.6. The molecule has 0 spiro atoms. The van der Waals surface area contributed by atoms with Gasteiger partial charge in [0.1, 0.15) is 30.1 Å². The van der Waals surface area contributed by atoms with Gasteiger partial charge >= 0.3 is 0 Å². The molecular formula is C22H24N2O4. The Morgan fingerprint density at radius 2 is 1.89 bits per heavy atom. The average Bonchev–Trinajstić information content (AvgIpc) is 2.68. The van der Waals surface area contributed by atoms with Crippen LogP contribution in [0.2, 0.25) is 0 Å². The molecule has 0 aliphatic carbocycles. The fourth-order valence-corrected chi connectivity index (χ4v) is 3.02. The predicted molar refractivity (Wildman–Crippen MR) is 108 cm³/mol. The number of benzene rings is 2. The van der Waals surface area contributed by atoms with Crippen LogP contribution in [0.3, 0.4) is 0 Å². The number of aryl methyl sites for hydroxylation is 2. The van der Waals surface area contributed by atoms with Gasteiger partial charge in [-0.05, 0) is 50.1 Å². The highest BCUT2D eigenvalue weighted by Crippen LogP contribution is 2.14. The maximum Gasteiger partial charge on any atom is 0.261 e. The number of ether oxygens (including phenoxy) is 1. The molecule has 146 valence electrons. The maximum atomic E-state index is 12.7. The van der Waals surface area contributed by atoms with Crippen molar-refractivity contribution in [2.24, 2.45) is 0 Å². The van der Waals surface area contributed by atoms with E-state index in [4.69, 9.17) is 4.74 Å². The van der Waals surface area contributed by atoms with E-state index in [1.54, 1.807) is 32.0 Å². The fourth-order valence-electron chi connectivity index (χ4n) is 3.02. The fraction of sp³-hybridized carbons (Fsp3) is 0.318. The van der Waals surface area contributed by atoms with Crippen molar-refractivity contribution in [3.8, 4) is 5.75 Å². The summed E-state index contributed by atoms with van der Waals surface area (Å²) in [4.78, 5) is 28.1. The zero-order valence-electron chi connectivity index (χ0n) is 16.1. The maximum absolute atomic E-state index is 12.7. The number of ketones is 1. The molecule has 0 unspecified atom stereocenters. The molecule has 0 saturated carbocycles. The largest absolute Gasteiger partial charge is 0.491 e. The van der Waals surface area contributed by atoms with Gasteiger partial charge in [0.05, 0.1) is 17.4 Å². The van der Waals surface area contributed by atoms with Crippen LogP contribution in [0.5, 0.6) is 5.75 Å². The van der Waals surface area contributed by atoms with Gasteiger partial charge in [-0.1, -0.05) is 24.3 Å². The molecule has 0 radical (unpaired) electrons. The van der Waals surface area contributed by atoms with Crippen molar-refractivity contribution in [1.82, 2.24) is 9.55 Å². The number of aliphatic hydroxyl groups is 1. The first-order valence-corrected chi connectivity index (χ1v) is 9.29. The topological polar surface area (TPSA) is 81.4 Å². The van der Waals surface area contributed by atoms with Gasteiger partial charge in [-0.25, -0.2) is 4.98 Å². The smallest absolute Gasteiger partial charge is 0.261 e. The minimum Gasteiger partial charge on any atom is -0.491 e. The number of carbonyl (C=O) groups is 1. The Labute approximate surface area is 163 Å². The number of hydrogen-bond donors (Lipinski definition) is 1. The van der Waals surface area contributed by atoms with Gasteiger partial charge in [0.2, 0.25) is 0 Å². The molecule has 6 nitrogen and oxygen atoms in total. The molecule has 6 heteroatoms. The molecule has 1 heterocycles. The highest BCUT2D eigenvalue weighted by atomic mass is 16.5. The lowest BCUT2D eigenvalue weighted by Gasteiger charge is -2.16. The highest BCUT2D eigenvalue weighted by molar-refractivity contribution is 5.77. The van der Waals surface area contributed by atoms with E-state index >= 15 is 0 Å². The van der Waals surface area contributed by atoms with Gasteiger partial charge in [-0.15, -0.1) is 0 Å². The third kappa shape index (κ3) is 4.84. The molecule has 1 aromatic heterocycles. The van der Waals surface area contributed by atoms with Crippen LogP contribution in [0.15, 0.2) is 53.3 Å². The predicted octanol–water partition coefficient (Wildman–Crippen LogP) is 2.67. The van der Waals surface area contributed by atoms with Gasteiger partial charge in [-0.2, -0.15) is 0 Å². The molecular weight excluding hydrogens is 356 g/mol. The molecule has 2 aromatic carbocycles. The molecule has 1 N–H and O–H groups in total. The molecule has 0 fully saturated rings. The van der Waals surface area contributed by atoms with Crippen LogP contribution in [0.1, 0.15) is 24.7 Å². The van der Waals surface area contributed by atoms with Gasteiger partial charge < -0.3 is 14.6 Å². The standard InChI is InChI=1S/C22H24N2O4/c1-15(25)7-8-17-9-11-19(12-10-17)28-14-18(26)13-24-16(2)23-21-6-4-3-5-20(21)22(24)27/h3-6,9-12,18,26H,7-8,13-14H2,1-2H3/t18-/m1/s1. The van der Waals surface area contributed by atoms with E-state index in [0.717, 1.165) is 5.56 Å². The number of aliphatic hydroxyl groups excluding tert-OH is 1. The van der Waals surface area contributed by atoms with Crippen LogP contribution in [0, 0.1) is 6.92 Å². The van der Waals surface area contributed by atoms with E-state index < -0.39 is 6.10 Å². The molecule has 0 aliphatic rings. The number of rotatable bonds is 8. The second-order valence-corrected chi connectivity index (χ2v) is 6.90. The van der Waals surface area contributed by atoms with Gasteiger partial charge in [-0.3, -0.25) is 9.36 Å². The Morgan fingerprint density at radius 1 is 1.18 bits per heavy atom. The summed E-state index contributed by atoms with van der Waals surface area (Å²) in [6.07, 6.45) is 0.374. The summed E-state index contributed by atoms with van der Waals surface area (Å²) < 4.78 is 7.11. The average molecular weight is 380 g/mol. The Bertz CT molecular complexity index is 1020. The minimum atomic E-state index is -0.850. The quantitative estimate of drug-likeness (QED) is 0.650. The number of Topliss-reactive ketones (excluding diaryl/α,β-unsaturated/α-hetero) is 1. The number of hydrogen-bond acceptors (Lipinski definition) is 5. The summed E-state index contributed by atoms with van der Waals surface area (Å²) >= 11 is 0. The Hall–Kier alpha value is -2.99. The van der Waals surface area contributed by atoms with Gasteiger partial charge in [0.15, 0.2) is 0 Å². The van der Waals surface area contributed by atoms with Gasteiger partial charge in [0.25, 0.3) is 5.56 Å². The summed E-state index contributed by atoms with van der Waals surface area (Å²) in [7, 11) is 0. The first kappa shape index (κ1) is 19.8. The van der Waals surface area contributed by atoms with Crippen molar-refractivity contribution in [2.75, 3.05) is 6.61 Å².